The summed E-state index contributed by atoms with van der Waals surface area (Å²) in [4.78, 5) is 1.61. The first-order valence-corrected chi connectivity index (χ1v) is 9.65. The minimum Gasteiger partial charge on any atom is -0.486 e. The summed E-state index contributed by atoms with van der Waals surface area (Å²) < 4.78 is 38.1. The normalized spacial score (nSPS) is 19.0. The molecular formula is C16H22N3O4S+. The number of sulfonamides is 1. The van der Waals surface area contributed by atoms with E-state index in [1.807, 2.05) is 0 Å². The van der Waals surface area contributed by atoms with Crippen LogP contribution in [-0.4, -0.2) is 58.7 Å². The fourth-order valence-electron chi connectivity index (χ4n) is 3.04. The molecule has 8 heteroatoms. The molecule has 0 spiro atoms. The molecule has 0 aliphatic carbocycles. The second kappa shape index (κ2) is 7.38. The molecule has 7 nitrogen and oxygen atoms in total. The van der Waals surface area contributed by atoms with E-state index >= 15 is 0 Å². The maximum atomic E-state index is 12.8. The molecule has 1 N–H and O–H groups in total. The molecule has 1 fully saturated rings. The summed E-state index contributed by atoms with van der Waals surface area (Å²) in [5.41, 5.74) is 0. The van der Waals surface area contributed by atoms with Crippen molar-refractivity contribution in [3.63, 3.8) is 0 Å². The molecule has 1 saturated heterocycles. The Morgan fingerprint density at radius 3 is 2.58 bits per heavy atom. The lowest BCUT2D eigenvalue weighted by molar-refractivity contribution is -0.903. The van der Waals surface area contributed by atoms with Crippen molar-refractivity contribution in [3.8, 4) is 17.6 Å². The van der Waals surface area contributed by atoms with Gasteiger partial charge in [0, 0.05) is 18.9 Å². The molecule has 0 atom stereocenters. The molecule has 0 bridgehead atoms. The first kappa shape index (κ1) is 17.0. The quantitative estimate of drug-likeness (QED) is 0.733. The van der Waals surface area contributed by atoms with E-state index in [0.717, 1.165) is 26.1 Å². The number of hydrogen-bond acceptors (Lipinski definition) is 5. The van der Waals surface area contributed by atoms with Crippen LogP contribution in [0.3, 0.4) is 0 Å². The number of fused-ring (bicyclic) bond motifs is 1. The molecular weight excluding hydrogens is 330 g/mol. The summed E-state index contributed by atoms with van der Waals surface area (Å²) in [6, 6.07) is 6.93. The predicted octanol–water partition coefficient (Wildman–Crippen LogP) is -0.349. The first-order valence-electron chi connectivity index (χ1n) is 8.21. The predicted molar refractivity (Wildman–Crippen MR) is 86.6 cm³/mol. The van der Waals surface area contributed by atoms with E-state index in [1.165, 1.54) is 9.21 Å². The van der Waals surface area contributed by atoms with Gasteiger partial charge in [0.05, 0.1) is 43.7 Å². The van der Waals surface area contributed by atoms with Crippen LogP contribution in [0, 0.1) is 11.3 Å². The topological polar surface area (TPSA) is 84.1 Å². The molecule has 2 aliphatic rings. The molecule has 0 aromatic heterocycles. The van der Waals surface area contributed by atoms with E-state index in [1.54, 1.807) is 18.2 Å². The molecule has 0 saturated carbocycles. The maximum absolute atomic E-state index is 12.8. The van der Waals surface area contributed by atoms with Gasteiger partial charge >= 0.3 is 0 Å². The average Bonchev–Trinajstić information content (AvgIpc) is 2.62. The summed E-state index contributed by atoms with van der Waals surface area (Å²) in [5.74, 6) is 1.08. The van der Waals surface area contributed by atoms with Gasteiger partial charge in [-0.15, -0.1) is 0 Å². The number of ether oxygens (including phenoxy) is 2. The van der Waals surface area contributed by atoms with Crippen molar-refractivity contribution < 1.29 is 22.8 Å². The summed E-state index contributed by atoms with van der Waals surface area (Å²) in [7, 11) is -3.51. The van der Waals surface area contributed by atoms with Gasteiger partial charge in [0.15, 0.2) is 11.5 Å². The summed E-state index contributed by atoms with van der Waals surface area (Å²) in [6.45, 7) is 4.38. The molecule has 24 heavy (non-hydrogen) atoms. The second-order valence-corrected chi connectivity index (χ2v) is 7.91. The maximum Gasteiger partial charge on any atom is 0.243 e. The molecule has 2 heterocycles. The minimum atomic E-state index is -3.51. The van der Waals surface area contributed by atoms with Crippen molar-refractivity contribution in [2.45, 2.75) is 17.7 Å². The third kappa shape index (κ3) is 3.64. The second-order valence-electron chi connectivity index (χ2n) is 5.97. The van der Waals surface area contributed by atoms with Gasteiger partial charge in [-0.1, -0.05) is 0 Å². The van der Waals surface area contributed by atoms with Gasteiger partial charge in [0.25, 0.3) is 0 Å². The lowest BCUT2D eigenvalue weighted by atomic mass is 10.3. The number of quaternary nitrogens is 1. The number of piperazine rings is 1. The number of hydrogen-bond donors (Lipinski definition) is 1. The lowest BCUT2D eigenvalue weighted by Crippen LogP contribution is -3.14. The number of rotatable bonds is 5. The molecule has 130 valence electrons. The fraction of sp³-hybridized carbons (Fsp3) is 0.562. The highest BCUT2D eigenvalue weighted by atomic mass is 32.2. The monoisotopic (exact) mass is 352 g/mol. The van der Waals surface area contributed by atoms with Crippen molar-refractivity contribution >= 4 is 10.0 Å². The Kier molecular flexibility index (Phi) is 5.23. The van der Waals surface area contributed by atoms with Crippen LogP contribution in [0.25, 0.3) is 0 Å². The Labute approximate surface area is 142 Å². The number of nitriles is 1. The molecule has 0 amide bonds. The SMILES string of the molecule is N#CCCC[NH+]1CCN(S(=O)(=O)c2ccc3c(c2)OCCO3)CC1. The van der Waals surface area contributed by atoms with E-state index in [0.29, 0.717) is 44.2 Å². The van der Waals surface area contributed by atoms with Crippen molar-refractivity contribution in [1.82, 2.24) is 4.31 Å². The van der Waals surface area contributed by atoms with Crippen LogP contribution in [0.4, 0.5) is 0 Å². The van der Waals surface area contributed by atoms with Crippen LogP contribution in [0.1, 0.15) is 12.8 Å². The van der Waals surface area contributed by atoms with E-state index in [9.17, 15) is 8.42 Å². The van der Waals surface area contributed by atoms with Crippen molar-refractivity contribution in [1.29, 1.82) is 5.26 Å². The van der Waals surface area contributed by atoms with Crippen molar-refractivity contribution in [3.05, 3.63) is 18.2 Å². The van der Waals surface area contributed by atoms with Crippen LogP contribution in [0.5, 0.6) is 11.5 Å². The van der Waals surface area contributed by atoms with E-state index < -0.39 is 10.0 Å². The van der Waals surface area contributed by atoms with Crippen LogP contribution < -0.4 is 14.4 Å². The first-order chi connectivity index (χ1) is 11.6. The number of nitrogens with zero attached hydrogens (tertiary/aromatic N) is 2. The number of unbranched alkanes of at least 4 members (excludes halogenated alkanes) is 1. The molecule has 3 rings (SSSR count). The summed E-state index contributed by atoms with van der Waals surface area (Å²) in [5, 5.41) is 8.59. The van der Waals surface area contributed by atoms with Crippen LogP contribution in [-0.2, 0) is 10.0 Å². The fourth-order valence-corrected chi connectivity index (χ4v) is 4.50. The Balaban J connectivity index is 1.65. The third-order valence-electron chi connectivity index (χ3n) is 4.40. The zero-order chi connectivity index (χ0) is 17.0. The molecule has 0 radical (unpaired) electrons. The number of benzene rings is 1. The van der Waals surface area contributed by atoms with Gasteiger partial charge in [0.2, 0.25) is 10.0 Å². The Hall–Kier alpha value is -1.82. The minimum absolute atomic E-state index is 0.250. The third-order valence-corrected chi connectivity index (χ3v) is 6.29. The number of nitrogens with one attached hydrogen (secondary N) is 1. The van der Waals surface area contributed by atoms with Crippen molar-refractivity contribution in [2.24, 2.45) is 0 Å². The van der Waals surface area contributed by atoms with Gasteiger partial charge in [-0.25, -0.2) is 8.42 Å². The highest BCUT2D eigenvalue weighted by Crippen LogP contribution is 2.33. The smallest absolute Gasteiger partial charge is 0.243 e. The van der Waals surface area contributed by atoms with Crippen LogP contribution >= 0.6 is 0 Å². The summed E-state index contributed by atoms with van der Waals surface area (Å²) in [6.07, 6.45) is 1.42. The Morgan fingerprint density at radius 1 is 1.17 bits per heavy atom. The van der Waals surface area contributed by atoms with Gasteiger partial charge in [-0.05, 0) is 12.1 Å². The standard InChI is InChI=1S/C16H21N3O4S/c17-5-1-2-6-18-7-9-19(10-8-18)24(20,21)14-3-4-15-16(13-14)23-12-11-22-15/h3-4,13H,1-2,6-12H2/p+1. The van der Waals surface area contributed by atoms with E-state index in [2.05, 4.69) is 6.07 Å². The Bertz CT molecular complexity index is 721. The molecule has 0 unspecified atom stereocenters. The largest absolute Gasteiger partial charge is 0.486 e. The lowest BCUT2D eigenvalue weighted by Gasteiger charge is -2.31. The van der Waals surface area contributed by atoms with Crippen LogP contribution in [0.15, 0.2) is 23.1 Å². The van der Waals surface area contributed by atoms with Gasteiger partial charge in [-0.2, -0.15) is 9.57 Å². The van der Waals surface area contributed by atoms with Crippen LogP contribution in [0.2, 0.25) is 0 Å². The molecule has 1 aromatic carbocycles. The summed E-state index contributed by atoms with van der Waals surface area (Å²) >= 11 is 0. The average molecular weight is 352 g/mol. The van der Waals surface area contributed by atoms with Crippen molar-refractivity contribution in [2.75, 3.05) is 45.9 Å². The van der Waals surface area contributed by atoms with E-state index in [4.69, 9.17) is 14.7 Å². The van der Waals surface area contributed by atoms with Gasteiger partial charge < -0.3 is 14.4 Å². The van der Waals surface area contributed by atoms with Gasteiger partial charge in [0.1, 0.15) is 13.2 Å². The highest BCUT2D eigenvalue weighted by molar-refractivity contribution is 7.89. The Morgan fingerprint density at radius 2 is 1.88 bits per heavy atom. The molecule has 2 aliphatic heterocycles. The van der Waals surface area contributed by atoms with E-state index in [-0.39, 0.29) is 4.90 Å². The highest BCUT2D eigenvalue weighted by Gasteiger charge is 2.31. The molecule has 1 aromatic rings. The van der Waals surface area contributed by atoms with Gasteiger partial charge in [-0.3, -0.25) is 0 Å². The zero-order valence-electron chi connectivity index (χ0n) is 13.5. The zero-order valence-corrected chi connectivity index (χ0v) is 14.3.